The Labute approximate surface area is 178 Å². The first-order valence-electron chi connectivity index (χ1n) is 10.7. The standard InChI is InChI=1S/C23H32ClN3O2/c1-25-10-7-20(8-11-25)27-13-12-26(16-21(27)9-14-28)17-22-5-6-23(29-22)18-3-2-4-19(24)15-18/h2-6,15,20-21,28H,7-14,16-17H2,1H3. The van der Waals surface area contributed by atoms with E-state index in [4.69, 9.17) is 16.0 Å². The maximum atomic E-state index is 9.62. The Morgan fingerprint density at radius 1 is 1.10 bits per heavy atom. The van der Waals surface area contributed by atoms with Gasteiger partial charge in [0.25, 0.3) is 0 Å². The number of furan rings is 1. The zero-order chi connectivity index (χ0) is 20.2. The predicted molar refractivity (Wildman–Crippen MR) is 117 cm³/mol. The number of aliphatic hydroxyl groups excluding tert-OH is 1. The van der Waals surface area contributed by atoms with Gasteiger partial charge in [0.1, 0.15) is 11.5 Å². The molecule has 0 amide bonds. The van der Waals surface area contributed by atoms with Gasteiger partial charge in [-0.1, -0.05) is 23.7 Å². The zero-order valence-electron chi connectivity index (χ0n) is 17.3. The van der Waals surface area contributed by atoms with Crippen LogP contribution in [0.25, 0.3) is 11.3 Å². The van der Waals surface area contributed by atoms with Crippen molar-refractivity contribution in [3.05, 3.63) is 47.2 Å². The van der Waals surface area contributed by atoms with Gasteiger partial charge in [-0.05, 0) is 63.7 Å². The summed E-state index contributed by atoms with van der Waals surface area (Å²) in [7, 11) is 2.21. The van der Waals surface area contributed by atoms with Crippen LogP contribution >= 0.6 is 11.6 Å². The molecule has 0 bridgehead atoms. The monoisotopic (exact) mass is 417 g/mol. The first-order chi connectivity index (χ1) is 14.1. The SMILES string of the molecule is CN1CCC(N2CCN(Cc3ccc(-c4cccc(Cl)c4)o3)CC2CCO)CC1. The average molecular weight is 418 g/mol. The first kappa shape index (κ1) is 20.9. The molecule has 1 unspecified atom stereocenters. The fraction of sp³-hybridized carbons (Fsp3) is 0.565. The quantitative estimate of drug-likeness (QED) is 0.778. The van der Waals surface area contributed by atoms with Crippen molar-refractivity contribution in [1.29, 1.82) is 0 Å². The van der Waals surface area contributed by atoms with Crippen molar-refractivity contribution in [2.45, 2.75) is 37.9 Å². The van der Waals surface area contributed by atoms with E-state index in [0.29, 0.717) is 12.1 Å². The van der Waals surface area contributed by atoms with Gasteiger partial charge in [0, 0.05) is 48.9 Å². The Balaban J connectivity index is 1.38. The van der Waals surface area contributed by atoms with E-state index in [0.717, 1.165) is 54.7 Å². The minimum atomic E-state index is 0.251. The van der Waals surface area contributed by atoms with Gasteiger partial charge in [-0.15, -0.1) is 0 Å². The van der Waals surface area contributed by atoms with Crippen molar-refractivity contribution < 1.29 is 9.52 Å². The molecule has 3 heterocycles. The van der Waals surface area contributed by atoms with Crippen molar-refractivity contribution in [2.24, 2.45) is 0 Å². The Hall–Kier alpha value is -1.37. The molecule has 2 saturated heterocycles. The van der Waals surface area contributed by atoms with Gasteiger partial charge in [0.2, 0.25) is 0 Å². The summed E-state index contributed by atoms with van der Waals surface area (Å²) in [4.78, 5) is 7.55. The van der Waals surface area contributed by atoms with Crippen LogP contribution in [0, 0.1) is 0 Å². The molecule has 2 aliphatic heterocycles. The number of rotatable bonds is 6. The molecule has 0 radical (unpaired) electrons. The number of halogens is 1. The van der Waals surface area contributed by atoms with E-state index >= 15 is 0 Å². The molecule has 2 aromatic rings. The molecule has 1 N–H and O–H groups in total. The Morgan fingerprint density at radius 3 is 2.69 bits per heavy atom. The zero-order valence-corrected chi connectivity index (χ0v) is 18.0. The fourth-order valence-corrected chi connectivity index (χ4v) is 4.96. The lowest BCUT2D eigenvalue weighted by Crippen LogP contribution is -2.58. The molecule has 158 valence electrons. The third-order valence-corrected chi connectivity index (χ3v) is 6.62. The molecule has 0 aliphatic carbocycles. The summed E-state index contributed by atoms with van der Waals surface area (Å²) in [6.07, 6.45) is 3.31. The van der Waals surface area contributed by atoms with E-state index in [1.165, 1.54) is 25.9 Å². The van der Waals surface area contributed by atoms with Crippen LogP contribution in [0.3, 0.4) is 0 Å². The van der Waals surface area contributed by atoms with E-state index in [2.05, 4.69) is 27.8 Å². The Kier molecular flexibility index (Phi) is 6.93. The van der Waals surface area contributed by atoms with Gasteiger partial charge in [-0.3, -0.25) is 9.80 Å². The molecule has 1 aromatic carbocycles. The number of benzene rings is 1. The largest absolute Gasteiger partial charge is 0.460 e. The molecular formula is C23H32ClN3O2. The van der Waals surface area contributed by atoms with Crippen LogP contribution in [0.15, 0.2) is 40.8 Å². The third kappa shape index (κ3) is 5.22. The molecule has 6 heteroatoms. The number of piperidine rings is 1. The molecule has 29 heavy (non-hydrogen) atoms. The van der Waals surface area contributed by atoms with Crippen molar-refractivity contribution in [3.8, 4) is 11.3 Å². The van der Waals surface area contributed by atoms with Crippen molar-refractivity contribution in [1.82, 2.24) is 14.7 Å². The molecule has 5 nitrogen and oxygen atoms in total. The second-order valence-corrected chi connectivity index (χ2v) is 8.89. The maximum Gasteiger partial charge on any atom is 0.134 e. The highest BCUT2D eigenvalue weighted by molar-refractivity contribution is 6.30. The summed E-state index contributed by atoms with van der Waals surface area (Å²) in [5, 5.41) is 10.3. The topological polar surface area (TPSA) is 43.1 Å². The lowest BCUT2D eigenvalue weighted by molar-refractivity contribution is 0.00426. The fourth-order valence-electron chi connectivity index (χ4n) is 4.77. The summed E-state index contributed by atoms with van der Waals surface area (Å²) in [6, 6.07) is 12.9. The number of nitrogens with zero attached hydrogens (tertiary/aromatic N) is 3. The van der Waals surface area contributed by atoms with Gasteiger partial charge in [-0.2, -0.15) is 0 Å². The van der Waals surface area contributed by atoms with E-state index in [9.17, 15) is 5.11 Å². The summed E-state index contributed by atoms with van der Waals surface area (Å²) in [5.41, 5.74) is 1.01. The molecule has 1 aromatic heterocycles. The molecular weight excluding hydrogens is 386 g/mol. The van der Waals surface area contributed by atoms with Crippen LogP contribution in [-0.4, -0.2) is 78.3 Å². The lowest BCUT2D eigenvalue weighted by Gasteiger charge is -2.47. The Morgan fingerprint density at radius 2 is 1.93 bits per heavy atom. The summed E-state index contributed by atoms with van der Waals surface area (Å²) in [6.45, 7) is 6.51. The van der Waals surface area contributed by atoms with Gasteiger partial charge < -0.3 is 14.4 Å². The van der Waals surface area contributed by atoms with Crippen molar-refractivity contribution >= 4 is 11.6 Å². The summed E-state index contributed by atoms with van der Waals surface area (Å²) >= 11 is 6.11. The van der Waals surface area contributed by atoms with Gasteiger partial charge >= 0.3 is 0 Å². The minimum absolute atomic E-state index is 0.251. The molecule has 2 aliphatic rings. The molecule has 2 fully saturated rings. The highest BCUT2D eigenvalue weighted by Gasteiger charge is 2.33. The lowest BCUT2D eigenvalue weighted by atomic mass is 9.98. The first-order valence-corrected chi connectivity index (χ1v) is 11.1. The van der Waals surface area contributed by atoms with Crippen LogP contribution in [0.1, 0.15) is 25.0 Å². The maximum absolute atomic E-state index is 9.62. The van der Waals surface area contributed by atoms with Crippen molar-refractivity contribution in [2.75, 3.05) is 46.4 Å². The summed E-state index contributed by atoms with van der Waals surface area (Å²) < 4.78 is 6.11. The van der Waals surface area contributed by atoms with E-state index < -0.39 is 0 Å². The molecule has 4 rings (SSSR count). The number of piperazine rings is 1. The van der Waals surface area contributed by atoms with E-state index in [1.54, 1.807) is 0 Å². The van der Waals surface area contributed by atoms with Crippen molar-refractivity contribution in [3.63, 3.8) is 0 Å². The van der Waals surface area contributed by atoms with Crippen LogP contribution < -0.4 is 0 Å². The smallest absolute Gasteiger partial charge is 0.134 e. The minimum Gasteiger partial charge on any atom is -0.460 e. The Bertz CT molecular complexity index is 788. The van der Waals surface area contributed by atoms with Crippen LogP contribution in [0.4, 0.5) is 0 Å². The third-order valence-electron chi connectivity index (χ3n) is 6.38. The highest BCUT2D eigenvalue weighted by Crippen LogP contribution is 2.27. The molecule has 0 spiro atoms. The highest BCUT2D eigenvalue weighted by atomic mass is 35.5. The number of hydrogen-bond donors (Lipinski definition) is 1. The van der Waals surface area contributed by atoms with Gasteiger partial charge in [0.05, 0.1) is 6.54 Å². The second-order valence-electron chi connectivity index (χ2n) is 8.45. The van der Waals surface area contributed by atoms with Crippen LogP contribution in [0.2, 0.25) is 5.02 Å². The van der Waals surface area contributed by atoms with E-state index in [-0.39, 0.29) is 6.61 Å². The average Bonchev–Trinajstić information content (AvgIpc) is 3.18. The number of aliphatic hydroxyl groups is 1. The molecule has 1 atom stereocenters. The second kappa shape index (κ2) is 9.63. The van der Waals surface area contributed by atoms with Gasteiger partial charge in [-0.25, -0.2) is 0 Å². The normalized spacial score (nSPS) is 22.9. The summed E-state index contributed by atoms with van der Waals surface area (Å²) in [5.74, 6) is 1.84. The number of likely N-dealkylation sites (tertiary alicyclic amines) is 1. The predicted octanol–water partition coefficient (Wildman–Crippen LogP) is 3.56. The van der Waals surface area contributed by atoms with Gasteiger partial charge in [0.15, 0.2) is 0 Å². The van der Waals surface area contributed by atoms with Crippen LogP contribution in [-0.2, 0) is 6.54 Å². The van der Waals surface area contributed by atoms with Crippen LogP contribution in [0.5, 0.6) is 0 Å². The van der Waals surface area contributed by atoms with E-state index in [1.807, 2.05) is 30.3 Å². The molecule has 0 saturated carbocycles. The number of hydrogen-bond acceptors (Lipinski definition) is 5.